The standard InChI is InChI=1S/C19H19Cl2F2N5OS.C13H8Cl2F2N4S.C6H13NO2/c1-27(2)8-4-7-16(29)25-19-24-10-15(30-19)14-9-13(18(22)23)26-28(14)17-11(20)5-3-6-12(17)21;14-6-2-1-3-7(15)11(6)21-9(4-8(20-21)12(16)17)10-5-19-13(18)22-10;1-7(2)5-3-4-6(8)9/h3,5-6,9-10,18H,4,7-8H2,1-2H3,(H,24,25,29);1-5,12H,(H2,18,19);3-5H2,1-2H3,(H,8,9). The highest BCUT2D eigenvalue weighted by molar-refractivity contribution is 7.19. The number of halogens is 8. The van der Waals surface area contributed by atoms with Crippen LogP contribution in [0.4, 0.5) is 27.8 Å². The lowest BCUT2D eigenvalue weighted by molar-refractivity contribution is -0.137. The highest BCUT2D eigenvalue weighted by Gasteiger charge is 2.24. The second-order valence-electron chi connectivity index (χ2n) is 13.3. The molecule has 1 amide bonds. The minimum Gasteiger partial charge on any atom is -0.481 e. The maximum Gasteiger partial charge on any atom is 0.303 e. The minimum absolute atomic E-state index is 0.159. The second-order valence-corrected chi connectivity index (χ2v) is 17.0. The number of thiazole rings is 2. The number of hydrogen-bond donors (Lipinski definition) is 3. The number of aliphatic carboxylic acids is 1. The van der Waals surface area contributed by atoms with Crippen LogP contribution in [0.1, 0.15) is 49.9 Å². The van der Waals surface area contributed by atoms with Gasteiger partial charge in [0.1, 0.15) is 22.8 Å². The van der Waals surface area contributed by atoms with Crippen LogP contribution in [-0.4, -0.2) is 97.6 Å². The molecule has 0 bridgehead atoms. The molecule has 0 saturated heterocycles. The summed E-state index contributed by atoms with van der Waals surface area (Å²) >= 11 is 27.1. The van der Waals surface area contributed by atoms with Crippen molar-refractivity contribution in [3.8, 4) is 32.5 Å². The fraction of sp³-hybridized carbons (Fsp3) is 0.316. The molecule has 0 spiro atoms. The third-order valence-corrected chi connectivity index (χ3v) is 11.0. The van der Waals surface area contributed by atoms with Crippen LogP contribution in [0.3, 0.4) is 0 Å². The molecule has 61 heavy (non-hydrogen) atoms. The number of para-hydroxylation sites is 2. The average molecular weight is 967 g/mol. The van der Waals surface area contributed by atoms with Gasteiger partial charge in [0.15, 0.2) is 10.3 Å². The summed E-state index contributed by atoms with van der Waals surface area (Å²) in [7, 11) is 7.74. The SMILES string of the molecule is CN(C)CCCC(=O)Nc1ncc(-c2cc(C(F)F)nn2-c2c(Cl)cccc2Cl)s1.CN(C)CCCC(=O)O.Nc1ncc(-c2cc(C(F)F)nn2-c2c(Cl)cccc2Cl)s1. The van der Waals surface area contributed by atoms with E-state index in [0.717, 1.165) is 42.2 Å². The zero-order valence-corrected chi connectivity index (χ0v) is 37.6. The number of alkyl halides is 4. The quantitative estimate of drug-likeness (QED) is 0.0845. The van der Waals surface area contributed by atoms with Gasteiger partial charge in [-0.25, -0.2) is 36.9 Å². The number of nitrogens with two attached hydrogens (primary N) is 1. The van der Waals surface area contributed by atoms with Gasteiger partial charge in [-0.3, -0.25) is 9.59 Å². The highest BCUT2D eigenvalue weighted by Crippen LogP contribution is 2.38. The van der Waals surface area contributed by atoms with E-state index >= 15 is 0 Å². The molecule has 4 heterocycles. The van der Waals surface area contributed by atoms with Crippen molar-refractivity contribution >= 4 is 91.2 Å². The van der Waals surface area contributed by atoms with Crippen LogP contribution in [0.15, 0.2) is 60.9 Å². The Morgan fingerprint density at radius 2 is 1.16 bits per heavy atom. The second kappa shape index (κ2) is 23.2. The summed E-state index contributed by atoms with van der Waals surface area (Å²) in [6.45, 7) is 1.65. The predicted octanol–water partition coefficient (Wildman–Crippen LogP) is 10.8. The Morgan fingerprint density at radius 1 is 0.738 bits per heavy atom. The number of carboxylic acids is 1. The summed E-state index contributed by atoms with van der Waals surface area (Å²) in [6, 6.07) is 12.3. The molecule has 0 aliphatic carbocycles. The number of anilines is 2. The summed E-state index contributed by atoms with van der Waals surface area (Å²) in [5.74, 6) is -0.870. The first-order chi connectivity index (χ1) is 28.9. The molecule has 6 rings (SSSR count). The van der Waals surface area contributed by atoms with Crippen LogP contribution in [0.2, 0.25) is 20.1 Å². The van der Waals surface area contributed by atoms with Gasteiger partial charge in [-0.15, -0.1) is 0 Å². The molecule has 4 aromatic heterocycles. The van der Waals surface area contributed by atoms with Crippen molar-refractivity contribution in [3.05, 3.63) is 92.4 Å². The third kappa shape index (κ3) is 14.4. The maximum atomic E-state index is 13.3. The zero-order chi connectivity index (χ0) is 45.0. The van der Waals surface area contributed by atoms with Crippen molar-refractivity contribution in [2.75, 3.05) is 52.3 Å². The van der Waals surface area contributed by atoms with Gasteiger partial charge in [0.05, 0.1) is 41.2 Å². The molecule has 0 aliphatic rings. The predicted molar refractivity (Wildman–Crippen MR) is 236 cm³/mol. The molecule has 13 nitrogen and oxygen atoms in total. The van der Waals surface area contributed by atoms with Crippen LogP contribution < -0.4 is 11.1 Å². The van der Waals surface area contributed by atoms with Crippen LogP contribution >= 0.6 is 69.1 Å². The van der Waals surface area contributed by atoms with E-state index in [-0.39, 0.29) is 28.1 Å². The van der Waals surface area contributed by atoms with Crippen molar-refractivity contribution in [1.82, 2.24) is 39.3 Å². The largest absolute Gasteiger partial charge is 0.481 e. The van der Waals surface area contributed by atoms with Crippen molar-refractivity contribution in [3.63, 3.8) is 0 Å². The van der Waals surface area contributed by atoms with E-state index in [1.807, 2.05) is 38.0 Å². The lowest BCUT2D eigenvalue weighted by atomic mass is 10.3. The van der Waals surface area contributed by atoms with Crippen LogP contribution in [0, 0.1) is 0 Å². The van der Waals surface area contributed by atoms with Gasteiger partial charge in [0, 0.05) is 25.2 Å². The van der Waals surface area contributed by atoms with Gasteiger partial charge < -0.3 is 26.0 Å². The number of carbonyl (C=O) groups excluding carboxylic acids is 1. The fourth-order valence-corrected chi connectivity index (χ4v) is 7.86. The Balaban J connectivity index is 0.000000231. The first-order valence-electron chi connectivity index (χ1n) is 18.0. The number of carbonyl (C=O) groups is 2. The molecule has 328 valence electrons. The number of nitrogens with zero attached hydrogens (tertiary/aromatic N) is 8. The molecular weight excluding hydrogens is 926 g/mol. The molecule has 23 heteroatoms. The van der Waals surface area contributed by atoms with E-state index in [1.165, 1.54) is 33.9 Å². The number of benzene rings is 2. The zero-order valence-electron chi connectivity index (χ0n) is 32.9. The number of hydrogen-bond acceptors (Lipinski definition) is 11. The maximum absolute atomic E-state index is 13.3. The number of nitrogen functional groups attached to an aromatic ring is 1. The Labute approximate surface area is 376 Å². The number of rotatable bonds is 15. The molecule has 2 aromatic carbocycles. The summed E-state index contributed by atoms with van der Waals surface area (Å²) in [6.07, 6.45) is -0.411. The van der Waals surface area contributed by atoms with Crippen molar-refractivity contribution in [2.45, 2.75) is 38.5 Å². The monoisotopic (exact) mass is 964 g/mol. The van der Waals surface area contributed by atoms with E-state index < -0.39 is 24.5 Å². The van der Waals surface area contributed by atoms with Gasteiger partial charge in [-0.2, -0.15) is 10.2 Å². The Morgan fingerprint density at radius 3 is 1.56 bits per heavy atom. The number of carboxylic acid groups (broad SMARTS) is 1. The highest BCUT2D eigenvalue weighted by atomic mass is 35.5. The van der Waals surface area contributed by atoms with Gasteiger partial charge in [-0.1, -0.05) is 81.2 Å². The molecule has 0 saturated carbocycles. The Kier molecular flexibility index (Phi) is 18.8. The Hall–Kier alpha value is -4.34. The fourth-order valence-electron chi connectivity index (χ4n) is 5.23. The van der Waals surface area contributed by atoms with Gasteiger partial charge >= 0.3 is 5.97 Å². The van der Waals surface area contributed by atoms with Crippen LogP contribution in [-0.2, 0) is 9.59 Å². The van der Waals surface area contributed by atoms with Crippen LogP contribution in [0.5, 0.6) is 0 Å². The van der Waals surface area contributed by atoms with Crippen molar-refractivity contribution < 1.29 is 32.3 Å². The Bertz CT molecular complexity index is 2350. The summed E-state index contributed by atoms with van der Waals surface area (Å²) in [5, 5.41) is 20.7. The van der Waals surface area contributed by atoms with Gasteiger partial charge in [-0.05, 0) is 90.5 Å². The lowest BCUT2D eigenvalue weighted by Crippen LogP contribution is -2.17. The summed E-state index contributed by atoms with van der Waals surface area (Å²) in [4.78, 5) is 35.3. The summed E-state index contributed by atoms with van der Waals surface area (Å²) in [5.41, 5.74) is 6.20. The minimum atomic E-state index is -2.77. The molecule has 6 aromatic rings. The lowest BCUT2D eigenvalue weighted by Gasteiger charge is -2.10. The molecule has 0 atom stereocenters. The van der Waals surface area contributed by atoms with Gasteiger partial charge in [0.2, 0.25) is 5.91 Å². The molecular formula is C38H40Cl4F4N10O3S2. The summed E-state index contributed by atoms with van der Waals surface area (Å²) < 4.78 is 55.3. The smallest absolute Gasteiger partial charge is 0.303 e. The van der Waals surface area contributed by atoms with E-state index in [0.29, 0.717) is 65.7 Å². The normalized spacial score (nSPS) is 11.2. The third-order valence-electron chi connectivity index (χ3n) is 7.99. The van der Waals surface area contributed by atoms with E-state index in [4.69, 9.17) is 57.2 Å². The number of aromatic nitrogens is 6. The van der Waals surface area contributed by atoms with Gasteiger partial charge in [0.25, 0.3) is 12.9 Å². The number of amides is 1. The molecule has 0 fully saturated rings. The number of nitrogens with one attached hydrogen (secondary N) is 1. The topological polar surface area (TPSA) is 160 Å². The first kappa shape index (κ1) is 49.3. The molecule has 0 aliphatic heterocycles. The molecule has 0 unspecified atom stereocenters. The molecule has 4 N–H and O–H groups in total. The van der Waals surface area contributed by atoms with E-state index in [2.05, 4.69) is 25.5 Å². The first-order valence-corrected chi connectivity index (χ1v) is 21.1. The molecule has 0 radical (unpaired) electrons. The van der Waals surface area contributed by atoms with Crippen molar-refractivity contribution in [1.29, 1.82) is 0 Å². The van der Waals surface area contributed by atoms with E-state index in [9.17, 15) is 27.2 Å². The van der Waals surface area contributed by atoms with Crippen molar-refractivity contribution in [2.24, 2.45) is 0 Å². The average Bonchev–Trinajstić information content (AvgIpc) is 3.99. The van der Waals surface area contributed by atoms with Crippen LogP contribution in [0.25, 0.3) is 32.5 Å². The van der Waals surface area contributed by atoms with E-state index in [1.54, 1.807) is 36.4 Å².